The second kappa shape index (κ2) is 7.29. The molecule has 2 N–H and O–H groups in total. The molecule has 0 amide bonds. The van der Waals surface area contributed by atoms with Crippen molar-refractivity contribution in [1.29, 1.82) is 0 Å². The minimum Gasteiger partial charge on any atom is -1.00 e. The van der Waals surface area contributed by atoms with Gasteiger partial charge in [0, 0.05) is 11.9 Å². The van der Waals surface area contributed by atoms with E-state index in [0.29, 0.717) is 0 Å². The van der Waals surface area contributed by atoms with E-state index in [0.717, 1.165) is 0 Å². The third-order valence-electron chi connectivity index (χ3n) is 0.0797. The van der Waals surface area contributed by atoms with E-state index in [4.69, 9.17) is 10.0 Å². The van der Waals surface area contributed by atoms with Gasteiger partial charge in [0.25, 0.3) is 0 Å². The van der Waals surface area contributed by atoms with Gasteiger partial charge in [0.15, 0.2) is 0 Å². The van der Waals surface area contributed by atoms with Gasteiger partial charge in [-0.05, 0) is 0 Å². The van der Waals surface area contributed by atoms with Crippen molar-refractivity contribution >= 4 is 19.2 Å². The molecule has 0 aliphatic heterocycles. The molecule has 0 aliphatic rings. The Morgan fingerprint density at radius 3 is 1.83 bits per heavy atom. The summed E-state index contributed by atoms with van der Waals surface area (Å²) < 4.78 is 3.33. The molecule has 0 aliphatic carbocycles. The minimum absolute atomic E-state index is 0. The van der Waals surface area contributed by atoms with E-state index in [1.54, 1.807) is 0 Å². The summed E-state index contributed by atoms with van der Waals surface area (Å²) in [5.41, 5.74) is 0. The largest absolute Gasteiger partial charge is 1.00 e. The number of halogens is 1. The summed E-state index contributed by atoms with van der Waals surface area (Å²) in [5, 5.41) is 15.1. The fourth-order valence-corrected chi connectivity index (χ4v) is 0. The third kappa shape index (κ3) is 9.56. The molecule has 0 saturated heterocycles. The maximum atomic E-state index is 7.56. The monoisotopic (exact) mass is 230 g/mol. The van der Waals surface area contributed by atoms with Crippen LogP contribution >= 0.6 is 11.9 Å². The molecule has 0 aromatic carbocycles. The van der Waals surface area contributed by atoms with Gasteiger partial charge in [-0.2, -0.15) is 0 Å². The molecule has 6 heteroatoms. The number of rotatable bonds is 1. The van der Waals surface area contributed by atoms with Crippen molar-refractivity contribution in [2.45, 2.75) is 0 Å². The number of hydrogen-bond acceptors (Lipinski definition) is 3. The third-order valence-corrected chi connectivity index (χ3v) is 0.239. The van der Waals surface area contributed by atoms with Crippen molar-refractivity contribution in [2.75, 3.05) is 0 Å². The van der Waals surface area contributed by atoms with Gasteiger partial charge in [0.2, 0.25) is 0 Å². The van der Waals surface area contributed by atoms with E-state index in [1.165, 1.54) is 0 Å². The van der Waals surface area contributed by atoms with E-state index in [2.05, 4.69) is 16.1 Å². The maximum absolute atomic E-state index is 7.56. The average molecular weight is 230 g/mol. The fourth-order valence-electron chi connectivity index (χ4n) is 0. The van der Waals surface area contributed by atoms with Crippen LogP contribution in [0.2, 0.25) is 0 Å². The molecular formula is H3BClCsO3. The molecule has 0 bridgehead atoms. The fraction of sp³-hybridized carbons (Fsp3) is 0. The van der Waals surface area contributed by atoms with Crippen LogP contribution < -0.4 is 68.9 Å². The second-order valence-corrected chi connectivity index (χ2v) is 0.594. The van der Waals surface area contributed by atoms with Gasteiger partial charge in [0.05, 0.1) is 0 Å². The Morgan fingerprint density at radius 2 is 1.83 bits per heavy atom. The zero-order valence-corrected chi connectivity index (χ0v) is 10.3. The Balaban J connectivity index is -0.0000000800. The summed E-state index contributed by atoms with van der Waals surface area (Å²) in [4.78, 5) is 0. The molecule has 32 valence electrons. The molecule has 0 saturated carbocycles. The molecule has 0 fully saturated rings. The van der Waals surface area contributed by atoms with Gasteiger partial charge in [-0.1, -0.05) is 0 Å². The summed E-state index contributed by atoms with van der Waals surface area (Å²) in [6, 6.07) is 0. The van der Waals surface area contributed by atoms with E-state index < -0.39 is 7.32 Å². The van der Waals surface area contributed by atoms with Crippen molar-refractivity contribution in [1.82, 2.24) is 0 Å². The van der Waals surface area contributed by atoms with Crippen LogP contribution in [0.15, 0.2) is 0 Å². The zero-order chi connectivity index (χ0) is 4.28. The first-order valence-corrected chi connectivity index (χ1v) is 1.22. The van der Waals surface area contributed by atoms with Crippen molar-refractivity contribution in [3.8, 4) is 0 Å². The summed E-state index contributed by atoms with van der Waals surface area (Å²) in [7, 11) is -1.85. The first-order chi connectivity index (χ1) is 2.27. The Kier molecular flexibility index (Phi) is 13.5. The standard InChI is InChI=1S/BClH2O3.Cs.H/c2-5-1(3)4;;/h3-4H;;/q;+1;-1. The van der Waals surface area contributed by atoms with Crippen molar-refractivity contribution < 1.29 is 84.6 Å². The van der Waals surface area contributed by atoms with Gasteiger partial charge in [0.1, 0.15) is 0 Å². The van der Waals surface area contributed by atoms with E-state index in [-0.39, 0.29) is 70.3 Å². The summed E-state index contributed by atoms with van der Waals surface area (Å²) in [5.74, 6) is 0. The molecule has 3 nitrogen and oxygen atoms in total. The van der Waals surface area contributed by atoms with E-state index >= 15 is 0 Å². The summed E-state index contributed by atoms with van der Waals surface area (Å²) in [6.07, 6.45) is 0. The molecule has 0 spiro atoms. The topological polar surface area (TPSA) is 49.7 Å². The summed E-state index contributed by atoms with van der Waals surface area (Å²) >= 11 is 4.34. The van der Waals surface area contributed by atoms with Gasteiger partial charge in [-0.25, -0.2) is 0 Å². The molecule has 0 aromatic rings. The normalized spacial score (nSPS) is 6.50. The molecule has 0 atom stereocenters. The van der Waals surface area contributed by atoms with Crippen LogP contribution in [0.3, 0.4) is 0 Å². The molecule has 0 heterocycles. The Hall–Kier alpha value is 2.29. The zero-order valence-electron chi connectivity index (χ0n) is 4.26. The van der Waals surface area contributed by atoms with Crippen LogP contribution in [0.5, 0.6) is 0 Å². The predicted octanol–water partition coefficient (Wildman–Crippen LogP) is -3.76. The molecule has 0 radical (unpaired) electrons. The minimum atomic E-state index is -1.85. The molecule has 6 heavy (non-hydrogen) atoms. The average Bonchev–Trinajstić information content (AvgIpc) is 1.38. The van der Waals surface area contributed by atoms with Crippen molar-refractivity contribution in [2.24, 2.45) is 0 Å². The van der Waals surface area contributed by atoms with Crippen LogP contribution in [0.25, 0.3) is 0 Å². The smallest absolute Gasteiger partial charge is 1.00 e. The Labute approximate surface area is 101 Å². The SMILES string of the molecule is OB(O)OCl.[Cs+].[H-]. The summed E-state index contributed by atoms with van der Waals surface area (Å²) in [6.45, 7) is 0. The van der Waals surface area contributed by atoms with Crippen LogP contribution in [-0.4, -0.2) is 17.4 Å². The molecule has 0 rings (SSSR count). The van der Waals surface area contributed by atoms with Crippen LogP contribution in [0, 0.1) is 0 Å². The van der Waals surface area contributed by atoms with Gasteiger partial charge in [-0.15, -0.1) is 0 Å². The molecular weight excluding hydrogens is 227 g/mol. The number of hydrogen-bond donors (Lipinski definition) is 2. The van der Waals surface area contributed by atoms with Crippen LogP contribution in [-0.2, 0) is 4.21 Å². The quantitative estimate of drug-likeness (QED) is 0.455. The van der Waals surface area contributed by atoms with Gasteiger partial charge >= 0.3 is 76.2 Å². The van der Waals surface area contributed by atoms with Gasteiger partial charge in [-0.3, -0.25) is 4.21 Å². The Morgan fingerprint density at radius 1 is 1.67 bits per heavy atom. The molecule has 0 unspecified atom stereocenters. The first-order valence-electron chi connectivity index (χ1n) is 0.906. The predicted molar refractivity (Wildman–Crippen MR) is 18.2 cm³/mol. The van der Waals surface area contributed by atoms with Crippen LogP contribution in [0.4, 0.5) is 0 Å². The molecule has 0 aromatic heterocycles. The van der Waals surface area contributed by atoms with Crippen molar-refractivity contribution in [3.63, 3.8) is 0 Å². The Bertz CT molecular complexity index is 28.9. The van der Waals surface area contributed by atoms with Crippen molar-refractivity contribution in [3.05, 3.63) is 0 Å². The van der Waals surface area contributed by atoms with Gasteiger partial charge < -0.3 is 11.5 Å². The van der Waals surface area contributed by atoms with E-state index in [9.17, 15) is 0 Å². The first kappa shape index (κ1) is 11.1. The van der Waals surface area contributed by atoms with E-state index in [1.807, 2.05) is 0 Å². The second-order valence-electron chi connectivity index (χ2n) is 0.415. The van der Waals surface area contributed by atoms with Crippen LogP contribution in [0.1, 0.15) is 1.43 Å². The maximum Gasteiger partial charge on any atom is 1.00 e.